The molecule has 1 heterocycles. The molecule has 1 aromatic rings. The molecule has 0 aliphatic rings. The summed E-state index contributed by atoms with van der Waals surface area (Å²) in [5.41, 5.74) is 0.472. The van der Waals surface area contributed by atoms with E-state index in [4.69, 9.17) is 5.11 Å². The highest BCUT2D eigenvalue weighted by molar-refractivity contribution is 6.01. The first kappa shape index (κ1) is 15.1. The Morgan fingerprint density at radius 1 is 1.42 bits per heavy atom. The van der Waals surface area contributed by atoms with E-state index in [0.717, 1.165) is 5.69 Å². The summed E-state index contributed by atoms with van der Waals surface area (Å²) in [5.74, 6) is -1.75. The first-order chi connectivity index (χ1) is 8.88. The summed E-state index contributed by atoms with van der Waals surface area (Å²) < 4.78 is 0. The number of hydrogen-bond acceptors (Lipinski definition) is 4. The number of nitrogens with zero attached hydrogens (tertiary/aromatic N) is 1. The van der Waals surface area contributed by atoms with Gasteiger partial charge in [-0.1, -0.05) is 19.9 Å². The lowest BCUT2D eigenvalue weighted by atomic mass is 9.88. The number of aromatic nitrogens is 1. The molecule has 0 aliphatic heterocycles. The monoisotopic (exact) mass is 265 g/mol. The summed E-state index contributed by atoms with van der Waals surface area (Å²) in [4.78, 5) is 26.8. The molecule has 6 nitrogen and oxygen atoms in total. The van der Waals surface area contributed by atoms with E-state index in [-0.39, 0.29) is 5.41 Å². The van der Waals surface area contributed by atoms with Crippen molar-refractivity contribution in [3.05, 3.63) is 30.1 Å². The summed E-state index contributed by atoms with van der Waals surface area (Å²) in [6.07, 6.45) is 1.69. The molecule has 19 heavy (non-hydrogen) atoms. The molecule has 0 radical (unpaired) electrons. The average molecular weight is 265 g/mol. The van der Waals surface area contributed by atoms with E-state index in [1.807, 2.05) is 32.0 Å². The van der Waals surface area contributed by atoms with Crippen LogP contribution in [0, 0.1) is 0 Å². The SMILES string of the molecule is CNC(C(=O)O)C(=O)NCC(C)(C)c1ccccn1. The van der Waals surface area contributed by atoms with Crippen molar-refractivity contribution in [3.8, 4) is 0 Å². The fraction of sp³-hybridized carbons (Fsp3) is 0.462. The van der Waals surface area contributed by atoms with Gasteiger partial charge >= 0.3 is 5.97 Å². The lowest BCUT2D eigenvalue weighted by Crippen LogP contribution is -2.50. The van der Waals surface area contributed by atoms with E-state index in [2.05, 4.69) is 15.6 Å². The van der Waals surface area contributed by atoms with Crippen molar-refractivity contribution < 1.29 is 14.7 Å². The van der Waals surface area contributed by atoms with Crippen LogP contribution in [0.25, 0.3) is 0 Å². The van der Waals surface area contributed by atoms with Crippen molar-refractivity contribution >= 4 is 11.9 Å². The topological polar surface area (TPSA) is 91.3 Å². The minimum Gasteiger partial charge on any atom is -0.480 e. The summed E-state index contributed by atoms with van der Waals surface area (Å²) in [6.45, 7) is 4.18. The number of likely N-dealkylation sites (N-methyl/N-ethyl adjacent to an activating group) is 1. The standard InChI is InChI=1S/C13H19N3O3/c1-13(2,9-6-4-5-7-15-9)8-16-11(17)10(14-3)12(18)19/h4-7,10,14H,8H2,1-3H3,(H,16,17)(H,18,19). The first-order valence-corrected chi connectivity index (χ1v) is 5.98. The van der Waals surface area contributed by atoms with Gasteiger partial charge in [0.25, 0.3) is 0 Å². The number of hydrogen-bond donors (Lipinski definition) is 3. The fourth-order valence-electron chi connectivity index (χ4n) is 1.63. The molecule has 1 aromatic heterocycles. The molecule has 0 aromatic carbocycles. The minimum absolute atomic E-state index is 0.314. The number of nitrogens with one attached hydrogen (secondary N) is 2. The highest BCUT2D eigenvalue weighted by Gasteiger charge is 2.27. The molecule has 3 N–H and O–H groups in total. The van der Waals surface area contributed by atoms with E-state index in [1.165, 1.54) is 7.05 Å². The molecule has 1 unspecified atom stereocenters. The molecular weight excluding hydrogens is 246 g/mol. The Balaban J connectivity index is 2.66. The third kappa shape index (κ3) is 4.03. The van der Waals surface area contributed by atoms with Crippen LogP contribution in [0.5, 0.6) is 0 Å². The normalized spacial score (nSPS) is 12.8. The van der Waals surface area contributed by atoms with Crippen molar-refractivity contribution in [2.24, 2.45) is 0 Å². The molecule has 0 spiro atoms. The molecule has 0 saturated heterocycles. The largest absolute Gasteiger partial charge is 0.480 e. The predicted octanol–water partition coefficient (Wildman–Crippen LogP) is 0.148. The van der Waals surface area contributed by atoms with Gasteiger partial charge in [0.2, 0.25) is 5.91 Å². The van der Waals surface area contributed by atoms with Gasteiger partial charge in [-0.15, -0.1) is 0 Å². The van der Waals surface area contributed by atoms with Gasteiger partial charge in [-0.2, -0.15) is 0 Å². The van der Waals surface area contributed by atoms with Crippen LogP contribution >= 0.6 is 0 Å². The minimum atomic E-state index is -1.24. The zero-order chi connectivity index (χ0) is 14.5. The number of rotatable bonds is 6. The Hall–Kier alpha value is -1.95. The molecule has 6 heteroatoms. The quantitative estimate of drug-likeness (QED) is 0.637. The molecular formula is C13H19N3O3. The third-order valence-corrected chi connectivity index (χ3v) is 2.86. The second-order valence-electron chi connectivity index (χ2n) is 4.88. The lowest BCUT2D eigenvalue weighted by Gasteiger charge is -2.25. The lowest BCUT2D eigenvalue weighted by molar-refractivity contribution is -0.143. The summed E-state index contributed by atoms with van der Waals surface area (Å²) in [5, 5.41) is 13.9. The molecule has 0 aliphatic carbocycles. The Morgan fingerprint density at radius 2 is 2.11 bits per heavy atom. The van der Waals surface area contributed by atoms with Crippen molar-refractivity contribution in [3.63, 3.8) is 0 Å². The predicted molar refractivity (Wildman–Crippen MR) is 70.8 cm³/mol. The van der Waals surface area contributed by atoms with Gasteiger partial charge in [-0.05, 0) is 19.2 Å². The molecule has 1 amide bonds. The van der Waals surface area contributed by atoms with E-state index < -0.39 is 17.9 Å². The van der Waals surface area contributed by atoms with Gasteiger partial charge in [-0.25, -0.2) is 4.79 Å². The summed E-state index contributed by atoms with van der Waals surface area (Å²) in [7, 11) is 1.43. The molecule has 0 fully saturated rings. The van der Waals surface area contributed by atoms with Gasteiger partial charge in [-0.3, -0.25) is 15.1 Å². The second kappa shape index (κ2) is 6.29. The Kier molecular flexibility index (Phi) is 5.00. The molecule has 1 rings (SSSR count). The average Bonchev–Trinajstić information content (AvgIpc) is 2.38. The Labute approximate surface area is 112 Å². The number of pyridine rings is 1. The van der Waals surface area contributed by atoms with Crippen LogP contribution in [0.2, 0.25) is 0 Å². The number of carboxylic acids is 1. The molecule has 1 atom stereocenters. The van der Waals surface area contributed by atoms with Crippen LogP contribution < -0.4 is 10.6 Å². The van der Waals surface area contributed by atoms with E-state index in [9.17, 15) is 9.59 Å². The Bertz CT molecular complexity index is 446. The number of amides is 1. The van der Waals surface area contributed by atoms with Crippen molar-refractivity contribution in [2.75, 3.05) is 13.6 Å². The summed E-state index contributed by atoms with van der Waals surface area (Å²) in [6, 6.07) is 4.33. The van der Waals surface area contributed by atoms with Gasteiger partial charge < -0.3 is 10.4 Å². The fourth-order valence-corrected chi connectivity index (χ4v) is 1.63. The van der Waals surface area contributed by atoms with Gasteiger partial charge in [0.05, 0.1) is 0 Å². The van der Waals surface area contributed by atoms with Gasteiger partial charge in [0.1, 0.15) is 0 Å². The van der Waals surface area contributed by atoms with E-state index in [0.29, 0.717) is 6.54 Å². The van der Waals surface area contributed by atoms with Gasteiger partial charge in [0, 0.05) is 23.9 Å². The van der Waals surface area contributed by atoms with E-state index in [1.54, 1.807) is 6.20 Å². The van der Waals surface area contributed by atoms with Gasteiger partial charge in [0.15, 0.2) is 6.04 Å². The zero-order valence-corrected chi connectivity index (χ0v) is 11.3. The number of aliphatic carboxylic acids is 1. The smallest absolute Gasteiger partial charge is 0.330 e. The number of carbonyl (C=O) groups excluding carboxylic acids is 1. The second-order valence-corrected chi connectivity index (χ2v) is 4.88. The van der Waals surface area contributed by atoms with Crippen LogP contribution in [-0.4, -0.2) is 41.6 Å². The van der Waals surface area contributed by atoms with Crippen LogP contribution in [0.15, 0.2) is 24.4 Å². The van der Waals surface area contributed by atoms with E-state index >= 15 is 0 Å². The van der Waals surface area contributed by atoms with Crippen LogP contribution in [0.3, 0.4) is 0 Å². The maximum Gasteiger partial charge on any atom is 0.330 e. The molecule has 104 valence electrons. The van der Waals surface area contributed by atoms with Crippen LogP contribution in [-0.2, 0) is 15.0 Å². The third-order valence-electron chi connectivity index (χ3n) is 2.86. The highest BCUT2D eigenvalue weighted by Crippen LogP contribution is 2.19. The Morgan fingerprint density at radius 3 is 2.58 bits per heavy atom. The first-order valence-electron chi connectivity index (χ1n) is 5.98. The summed E-state index contributed by atoms with van der Waals surface area (Å²) >= 11 is 0. The number of carboxylic acid groups (broad SMARTS) is 1. The van der Waals surface area contributed by atoms with Crippen molar-refractivity contribution in [1.29, 1.82) is 0 Å². The molecule has 0 bridgehead atoms. The van der Waals surface area contributed by atoms with Crippen LogP contribution in [0.4, 0.5) is 0 Å². The van der Waals surface area contributed by atoms with Crippen molar-refractivity contribution in [2.45, 2.75) is 25.3 Å². The maximum absolute atomic E-state index is 11.7. The van der Waals surface area contributed by atoms with Crippen molar-refractivity contribution in [1.82, 2.24) is 15.6 Å². The molecule has 0 saturated carbocycles. The number of carbonyl (C=O) groups is 2. The van der Waals surface area contributed by atoms with Crippen LogP contribution in [0.1, 0.15) is 19.5 Å². The highest BCUT2D eigenvalue weighted by atomic mass is 16.4. The zero-order valence-electron chi connectivity index (χ0n) is 11.3. The maximum atomic E-state index is 11.7.